The largest absolute Gasteiger partial charge is 0.444 e. The second kappa shape index (κ2) is 12.5. The van der Waals surface area contributed by atoms with Gasteiger partial charge in [-0.25, -0.2) is 17.9 Å². The normalized spacial score (nSPS) is 29.7. The van der Waals surface area contributed by atoms with Gasteiger partial charge < -0.3 is 20.3 Å². The van der Waals surface area contributed by atoms with Crippen molar-refractivity contribution in [2.45, 2.75) is 100 Å². The quantitative estimate of drug-likeness (QED) is 0.423. The van der Waals surface area contributed by atoms with Gasteiger partial charge in [0.25, 0.3) is 15.9 Å². The van der Waals surface area contributed by atoms with Crippen LogP contribution in [0.3, 0.4) is 0 Å². The fraction of sp³-hybridized carbons (Fsp3) is 0.643. The highest BCUT2D eigenvalue weighted by Crippen LogP contribution is 2.46. The average molecular weight is 643 g/mol. The summed E-state index contributed by atoms with van der Waals surface area (Å²) in [4.78, 5) is 55.1. The van der Waals surface area contributed by atoms with E-state index in [2.05, 4.69) is 15.4 Å². The Hall–Kier alpha value is -2.64. The lowest BCUT2D eigenvalue weighted by Crippen LogP contribution is -2.58. The maximum Gasteiger partial charge on any atom is 0.408 e. The Morgan fingerprint density at radius 1 is 1.19 bits per heavy atom. The highest BCUT2D eigenvalue weighted by atomic mass is 35.5. The zero-order valence-electron chi connectivity index (χ0n) is 24.3. The number of amides is 4. The van der Waals surface area contributed by atoms with Crippen molar-refractivity contribution in [3.63, 3.8) is 0 Å². The molecule has 1 aromatic heterocycles. The van der Waals surface area contributed by atoms with Gasteiger partial charge in [0.2, 0.25) is 11.8 Å². The lowest BCUT2D eigenvalue weighted by atomic mass is 10.0. The number of rotatable bonds is 4. The van der Waals surface area contributed by atoms with Crippen LogP contribution in [0.25, 0.3) is 0 Å². The van der Waals surface area contributed by atoms with Crippen LogP contribution >= 0.6 is 22.9 Å². The molecular weight excluding hydrogens is 604 g/mol. The molecule has 2 fully saturated rings. The number of sulfonamides is 1. The number of carbonyl (C=O) groups excluding carboxylic acids is 4. The van der Waals surface area contributed by atoms with Gasteiger partial charge in [-0.3, -0.25) is 14.4 Å². The SMILES string of the molecule is C[C@@H]1C[C@H]2C(=O)N[C@]3(C(=O)NS(=O)(=O)c4ccc(Cl)s4)C[C@H]3/C=C\CCCCC[C@H](NC(=O)OC(C)(C)C)C(=O)N2C1. The van der Waals surface area contributed by atoms with Gasteiger partial charge in [-0.2, -0.15) is 0 Å². The summed E-state index contributed by atoms with van der Waals surface area (Å²) in [5, 5.41) is 5.53. The minimum absolute atomic E-state index is 0.00520. The first-order valence-electron chi connectivity index (χ1n) is 14.2. The molecule has 5 atom stereocenters. The van der Waals surface area contributed by atoms with E-state index in [1.54, 1.807) is 20.8 Å². The van der Waals surface area contributed by atoms with E-state index >= 15 is 0 Å². The topological polar surface area (TPSA) is 151 Å². The molecule has 0 spiro atoms. The average Bonchev–Trinajstić information content (AvgIpc) is 3.16. The van der Waals surface area contributed by atoms with Crippen molar-refractivity contribution in [2.75, 3.05) is 6.54 Å². The summed E-state index contributed by atoms with van der Waals surface area (Å²) in [6.45, 7) is 7.43. The van der Waals surface area contributed by atoms with Gasteiger partial charge in [-0.05, 0) is 70.9 Å². The van der Waals surface area contributed by atoms with E-state index < -0.39 is 57.1 Å². The van der Waals surface area contributed by atoms with Gasteiger partial charge in [-0.1, -0.05) is 43.5 Å². The highest BCUT2D eigenvalue weighted by Gasteiger charge is 2.61. The lowest BCUT2D eigenvalue weighted by Gasteiger charge is -2.30. The van der Waals surface area contributed by atoms with Gasteiger partial charge in [0, 0.05) is 12.5 Å². The predicted molar refractivity (Wildman–Crippen MR) is 158 cm³/mol. The summed E-state index contributed by atoms with van der Waals surface area (Å²) in [6.07, 6.45) is 7.06. The van der Waals surface area contributed by atoms with E-state index in [0.717, 1.165) is 24.2 Å². The number of halogens is 1. The first-order valence-corrected chi connectivity index (χ1v) is 16.9. The van der Waals surface area contributed by atoms with Gasteiger partial charge in [0.15, 0.2) is 0 Å². The van der Waals surface area contributed by atoms with Crippen molar-refractivity contribution in [1.29, 1.82) is 0 Å². The minimum Gasteiger partial charge on any atom is -0.444 e. The van der Waals surface area contributed by atoms with E-state index in [4.69, 9.17) is 16.3 Å². The molecule has 4 amide bonds. The maximum atomic E-state index is 13.8. The summed E-state index contributed by atoms with van der Waals surface area (Å²) in [6, 6.07) is 0.971. The lowest BCUT2D eigenvalue weighted by molar-refractivity contribution is -0.141. The van der Waals surface area contributed by atoms with Crippen molar-refractivity contribution in [1.82, 2.24) is 20.3 Å². The predicted octanol–water partition coefficient (Wildman–Crippen LogP) is 3.73. The Morgan fingerprint density at radius 3 is 2.60 bits per heavy atom. The van der Waals surface area contributed by atoms with E-state index in [0.29, 0.717) is 32.2 Å². The van der Waals surface area contributed by atoms with Crippen molar-refractivity contribution in [3.05, 3.63) is 28.6 Å². The first kappa shape index (κ1) is 32.3. The fourth-order valence-electron chi connectivity index (χ4n) is 5.48. The summed E-state index contributed by atoms with van der Waals surface area (Å²) >= 11 is 6.72. The number of carbonyl (C=O) groups is 4. The number of hydrogen-bond donors (Lipinski definition) is 3. The molecule has 2 aliphatic heterocycles. The van der Waals surface area contributed by atoms with Gasteiger partial charge in [0.05, 0.1) is 4.34 Å². The van der Waals surface area contributed by atoms with Crippen LogP contribution < -0.4 is 15.4 Å². The first-order chi connectivity index (χ1) is 19.6. The molecule has 232 valence electrons. The Morgan fingerprint density at radius 2 is 1.93 bits per heavy atom. The number of ether oxygens (including phenoxy) is 1. The molecule has 0 unspecified atom stereocenters. The Kier molecular flexibility index (Phi) is 9.63. The van der Waals surface area contributed by atoms with E-state index in [1.807, 2.05) is 19.1 Å². The Bertz CT molecular complexity index is 1360. The van der Waals surface area contributed by atoms with Crippen LogP contribution in [0.1, 0.15) is 72.6 Å². The number of alkyl carbamates (subject to hydrolysis) is 1. The molecule has 0 bridgehead atoms. The molecule has 0 radical (unpaired) electrons. The molecule has 14 heteroatoms. The summed E-state index contributed by atoms with van der Waals surface area (Å²) in [5.74, 6) is -2.18. The number of fused-ring (bicyclic) bond motifs is 2. The molecule has 42 heavy (non-hydrogen) atoms. The molecule has 11 nitrogen and oxygen atoms in total. The summed E-state index contributed by atoms with van der Waals surface area (Å²) < 4.78 is 33.5. The minimum atomic E-state index is -4.21. The van der Waals surface area contributed by atoms with Crippen molar-refractivity contribution < 1.29 is 32.3 Å². The third-order valence-corrected chi connectivity index (χ3v) is 10.7. The van der Waals surface area contributed by atoms with Crippen molar-refractivity contribution in [2.24, 2.45) is 11.8 Å². The van der Waals surface area contributed by atoms with E-state index in [1.165, 1.54) is 17.0 Å². The molecule has 1 aromatic rings. The molecular formula is C28H39ClN4O7S2. The Labute approximate surface area is 255 Å². The number of nitrogens with zero attached hydrogens (tertiary/aromatic N) is 1. The molecule has 4 rings (SSSR count). The molecule has 1 aliphatic carbocycles. The number of hydrogen-bond acceptors (Lipinski definition) is 8. The number of allylic oxidation sites excluding steroid dienone is 1. The van der Waals surface area contributed by atoms with Crippen LogP contribution in [-0.2, 0) is 29.1 Å². The monoisotopic (exact) mass is 642 g/mol. The van der Waals surface area contributed by atoms with Crippen LogP contribution in [0, 0.1) is 11.8 Å². The standard InChI is InChI=1S/C28H39ClN4O7S2/c1-17-14-20-23(34)31-28(25(36)32-42(38,39)22-13-12-21(29)41-22)15-18(28)10-8-6-5-7-9-11-19(24(35)33(20)16-17)30-26(37)40-27(2,3)4/h8,10,12-13,17-20H,5-7,9,11,14-16H2,1-4H3,(H,30,37)(H,31,34)(H,32,36)/b10-8-/t17-,18-,19+,20+,28-/m1/s1. The van der Waals surface area contributed by atoms with E-state index in [9.17, 15) is 27.6 Å². The molecule has 3 heterocycles. The smallest absolute Gasteiger partial charge is 0.408 e. The van der Waals surface area contributed by atoms with Gasteiger partial charge in [-0.15, -0.1) is 11.3 Å². The van der Waals surface area contributed by atoms with Crippen LogP contribution in [0.5, 0.6) is 0 Å². The molecule has 3 N–H and O–H groups in total. The van der Waals surface area contributed by atoms with Crippen molar-refractivity contribution in [3.8, 4) is 0 Å². The van der Waals surface area contributed by atoms with Crippen LogP contribution in [0.4, 0.5) is 4.79 Å². The molecule has 1 saturated heterocycles. The van der Waals surface area contributed by atoms with Gasteiger partial charge in [0.1, 0.15) is 27.4 Å². The zero-order valence-corrected chi connectivity index (χ0v) is 26.7. The van der Waals surface area contributed by atoms with Gasteiger partial charge >= 0.3 is 6.09 Å². The zero-order chi connectivity index (χ0) is 30.9. The third kappa shape index (κ3) is 7.65. The third-order valence-electron chi connectivity index (χ3n) is 7.62. The molecule has 0 aromatic carbocycles. The van der Waals surface area contributed by atoms with Crippen LogP contribution in [0.2, 0.25) is 4.34 Å². The van der Waals surface area contributed by atoms with Crippen molar-refractivity contribution >= 4 is 56.8 Å². The maximum absolute atomic E-state index is 13.8. The number of nitrogens with one attached hydrogen (secondary N) is 3. The molecule has 3 aliphatic rings. The summed E-state index contributed by atoms with van der Waals surface area (Å²) in [7, 11) is -4.21. The second-order valence-corrected chi connectivity index (χ2v) is 16.0. The fourth-order valence-corrected chi connectivity index (χ4v) is 8.00. The Balaban J connectivity index is 1.58. The number of thiophene rings is 1. The second-order valence-electron chi connectivity index (χ2n) is 12.4. The van der Waals surface area contributed by atoms with E-state index in [-0.39, 0.29) is 26.8 Å². The van der Waals surface area contributed by atoms with Crippen LogP contribution in [0.15, 0.2) is 28.5 Å². The summed E-state index contributed by atoms with van der Waals surface area (Å²) in [5.41, 5.74) is -2.22. The highest BCUT2D eigenvalue weighted by molar-refractivity contribution is 7.92. The molecule has 1 saturated carbocycles. The van der Waals surface area contributed by atoms with Crippen LogP contribution in [-0.4, -0.2) is 66.9 Å².